The van der Waals surface area contributed by atoms with Gasteiger partial charge in [0.05, 0.1) is 11.1 Å². The molecule has 0 unspecified atom stereocenters. The minimum Gasteiger partial charge on any atom is -0.492 e. The topological polar surface area (TPSA) is 30.9 Å². The van der Waals surface area contributed by atoms with Crippen LogP contribution in [0.2, 0.25) is 0 Å². The zero-order valence-corrected chi connectivity index (χ0v) is 18.3. The van der Waals surface area contributed by atoms with Gasteiger partial charge in [-0.3, -0.25) is 0 Å². The van der Waals surface area contributed by atoms with Crippen LogP contribution in [0.1, 0.15) is 37.7 Å². The molecule has 0 amide bonds. The molecular weight excluding hydrogens is 437 g/mol. The molecule has 0 N–H and O–H groups in total. The lowest BCUT2D eigenvalue weighted by atomic mass is 9.80. The van der Waals surface area contributed by atoms with Gasteiger partial charge in [-0.1, -0.05) is 25.5 Å². The Morgan fingerprint density at radius 1 is 1.17 bits per heavy atom. The zero-order valence-electron chi connectivity index (χ0n) is 16.7. The van der Waals surface area contributed by atoms with Gasteiger partial charge < -0.3 is 19.1 Å². The van der Waals surface area contributed by atoms with Crippen molar-refractivity contribution in [3.8, 4) is 17.2 Å². The summed E-state index contributed by atoms with van der Waals surface area (Å²) in [6, 6.07) is 10.7. The molecule has 2 aliphatic heterocycles. The van der Waals surface area contributed by atoms with E-state index >= 15 is 0 Å². The van der Waals surface area contributed by atoms with Crippen molar-refractivity contribution in [2.75, 3.05) is 33.0 Å². The predicted molar refractivity (Wildman–Crippen MR) is 114 cm³/mol. The van der Waals surface area contributed by atoms with Gasteiger partial charge >= 0.3 is 0 Å². The lowest BCUT2D eigenvalue weighted by Gasteiger charge is -2.39. The highest BCUT2D eigenvalue weighted by Gasteiger charge is 2.31. The van der Waals surface area contributed by atoms with Crippen LogP contribution in [-0.4, -0.2) is 37.9 Å². The summed E-state index contributed by atoms with van der Waals surface area (Å²) in [4.78, 5) is 2.53. The van der Waals surface area contributed by atoms with E-state index in [0.29, 0.717) is 24.2 Å². The number of rotatable bonds is 7. The number of hydrogen-bond acceptors (Lipinski definition) is 4. The number of halogens is 2. The molecule has 4 nitrogen and oxygen atoms in total. The Morgan fingerprint density at radius 2 is 1.93 bits per heavy atom. The minimum absolute atomic E-state index is 0.189. The summed E-state index contributed by atoms with van der Waals surface area (Å²) in [6.07, 6.45) is 3.47. The Labute approximate surface area is 180 Å². The summed E-state index contributed by atoms with van der Waals surface area (Å²) in [7, 11) is 0. The summed E-state index contributed by atoms with van der Waals surface area (Å²) in [5.41, 5.74) is 1.19. The van der Waals surface area contributed by atoms with E-state index in [-0.39, 0.29) is 12.6 Å². The van der Waals surface area contributed by atoms with Crippen LogP contribution in [0.5, 0.6) is 17.2 Å². The number of benzene rings is 2. The number of likely N-dealkylation sites (tertiary alicyclic amines) is 1. The number of ether oxygens (including phenoxy) is 3. The summed E-state index contributed by atoms with van der Waals surface area (Å²) >= 11 is 3.58. The quantitative estimate of drug-likeness (QED) is 0.534. The predicted octanol–water partition coefficient (Wildman–Crippen LogP) is 5.60. The number of piperidine rings is 1. The van der Waals surface area contributed by atoms with E-state index in [4.69, 9.17) is 14.2 Å². The van der Waals surface area contributed by atoms with Crippen molar-refractivity contribution in [3.63, 3.8) is 0 Å². The SMILES string of the molecule is CCCCN1CC[C@H](c2ccc(F)cc2)[C@@H](COc2cc3c(cc2Br)OCO3)C1. The second kappa shape index (κ2) is 9.35. The van der Waals surface area contributed by atoms with Crippen LogP contribution in [0, 0.1) is 11.7 Å². The summed E-state index contributed by atoms with van der Waals surface area (Å²) < 4.78 is 31.4. The fourth-order valence-electron chi connectivity index (χ4n) is 4.22. The van der Waals surface area contributed by atoms with E-state index < -0.39 is 0 Å². The third-order valence-corrected chi connectivity index (χ3v) is 6.44. The van der Waals surface area contributed by atoms with Gasteiger partial charge in [0.25, 0.3) is 0 Å². The van der Waals surface area contributed by atoms with E-state index in [1.54, 1.807) is 12.1 Å². The van der Waals surface area contributed by atoms with Gasteiger partial charge in [0, 0.05) is 24.6 Å². The largest absolute Gasteiger partial charge is 0.492 e. The van der Waals surface area contributed by atoms with Crippen molar-refractivity contribution in [3.05, 3.63) is 52.3 Å². The van der Waals surface area contributed by atoms with Crippen LogP contribution < -0.4 is 14.2 Å². The van der Waals surface area contributed by atoms with Crippen molar-refractivity contribution in [1.82, 2.24) is 4.90 Å². The molecule has 2 atom stereocenters. The van der Waals surface area contributed by atoms with Crippen molar-refractivity contribution in [1.29, 1.82) is 0 Å². The lowest BCUT2D eigenvalue weighted by molar-refractivity contribution is 0.109. The fourth-order valence-corrected chi connectivity index (χ4v) is 4.65. The summed E-state index contributed by atoms with van der Waals surface area (Å²) in [5, 5.41) is 0. The van der Waals surface area contributed by atoms with Crippen LogP contribution >= 0.6 is 15.9 Å². The van der Waals surface area contributed by atoms with Crippen LogP contribution in [0.3, 0.4) is 0 Å². The second-order valence-corrected chi connectivity index (χ2v) is 8.66. The number of hydrogen-bond donors (Lipinski definition) is 0. The Hall–Kier alpha value is -1.79. The molecule has 156 valence electrons. The first kappa shape index (κ1) is 20.5. The third-order valence-electron chi connectivity index (χ3n) is 5.82. The maximum Gasteiger partial charge on any atom is 0.231 e. The van der Waals surface area contributed by atoms with E-state index in [1.807, 2.05) is 24.3 Å². The number of fused-ring (bicyclic) bond motifs is 1. The van der Waals surface area contributed by atoms with E-state index in [2.05, 4.69) is 27.8 Å². The first-order valence-electron chi connectivity index (χ1n) is 10.3. The normalized spacial score (nSPS) is 21.3. The molecule has 2 aliphatic rings. The number of nitrogens with zero attached hydrogens (tertiary/aromatic N) is 1. The average molecular weight is 464 g/mol. The molecule has 2 aromatic rings. The molecule has 0 saturated carbocycles. The standard InChI is InChI=1S/C23H27BrFNO3/c1-2-3-9-26-10-8-19(16-4-6-18(25)7-5-16)17(13-26)14-27-21-12-23-22(11-20(21)24)28-15-29-23/h4-7,11-12,17,19H,2-3,8-10,13-15H2,1H3/t17-,19-/m1/s1. The van der Waals surface area contributed by atoms with Crippen LogP contribution in [-0.2, 0) is 0 Å². The first-order chi connectivity index (χ1) is 14.1. The third kappa shape index (κ3) is 4.86. The maximum absolute atomic E-state index is 13.4. The smallest absolute Gasteiger partial charge is 0.231 e. The Bertz CT molecular complexity index is 830. The van der Waals surface area contributed by atoms with Gasteiger partial charge in [-0.15, -0.1) is 0 Å². The molecule has 1 saturated heterocycles. The van der Waals surface area contributed by atoms with Gasteiger partial charge in [-0.05, 0) is 65.5 Å². The Balaban J connectivity index is 1.49. The van der Waals surface area contributed by atoms with Gasteiger partial charge in [0.2, 0.25) is 6.79 Å². The number of unbranched alkanes of at least 4 members (excludes halogenated alkanes) is 1. The van der Waals surface area contributed by atoms with Crippen LogP contribution in [0.25, 0.3) is 0 Å². The summed E-state index contributed by atoms with van der Waals surface area (Å²) in [5.74, 6) is 2.72. The fraction of sp³-hybridized carbons (Fsp3) is 0.478. The Kier molecular flexibility index (Phi) is 6.60. The van der Waals surface area contributed by atoms with Crippen molar-refractivity contribution >= 4 is 15.9 Å². The molecule has 0 radical (unpaired) electrons. The van der Waals surface area contributed by atoms with Gasteiger partial charge in [0.15, 0.2) is 11.5 Å². The van der Waals surface area contributed by atoms with Crippen molar-refractivity contribution in [2.45, 2.75) is 32.1 Å². The summed E-state index contributed by atoms with van der Waals surface area (Å²) in [6.45, 7) is 6.26. The highest BCUT2D eigenvalue weighted by Crippen LogP contribution is 2.41. The molecule has 1 fully saturated rings. The minimum atomic E-state index is -0.189. The van der Waals surface area contributed by atoms with E-state index in [0.717, 1.165) is 42.0 Å². The van der Waals surface area contributed by atoms with Gasteiger partial charge in [-0.2, -0.15) is 0 Å². The second-order valence-electron chi connectivity index (χ2n) is 7.81. The molecule has 4 rings (SSSR count). The van der Waals surface area contributed by atoms with Crippen molar-refractivity contribution < 1.29 is 18.6 Å². The van der Waals surface area contributed by atoms with Crippen LogP contribution in [0.4, 0.5) is 4.39 Å². The molecule has 0 spiro atoms. The van der Waals surface area contributed by atoms with Gasteiger partial charge in [-0.25, -0.2) is 4.39 Å². The molecule has 0 bridgehead atoms. The molecule has 0 aromatic heterocycles. The first-order valence-corrected chi connectivity index (χ1v) is 11.1. The molecule has 2 heterocycles. The van der Waals surface area contributed by atoms with Crippen LogP contribution in [0.15, 0.2) is 40.9 Å². The molecule has 0 aliphatic carbocycles. The molecule has 2 aromatic carbocycles. The highest BCUT2D eigenvalue weighted by atomic mass is 79.9. The van der Waals surface area contributed by atoms with E-state index in [1.165, 1.54) is 18.4 Å². The van der Waals surface area contributed by atoms with E-state index in [9.17, 15) is 4.39 Å². The lowest BCUT2D eigenvalue weighted by Crippen LogP contribution is -2.42. The Morgan fingerprint density at radius 3 is 2.69 bits per heavy atom. The molecule has 29 heavy (non-hydrogen) atoms. The maximum atomic E-state index is 13.4. The molecule has 6 heteroatoms. The molecular formula is C23H27BrFNO3. The average Bonchev–Trinajstić information content (AvgIpc) is 3.18. The van der Waals surface area contributed by atoms with Crippen molar-refractivity contribution in [2.24, 2.45) is 5.92 Å². The monoisotopic (exact) mass is 463 g/mol. The zero-order chi connectivity index (χ0) is 20.2. The van der Waals surface area contributed by atoms with Gasteiger partial charge in [0.1, 0.15) is 11.6 Å². The highest BCUT2D eigenvalue weighted by molar-refractivity contribution is 9.10.